The average molecular weight is 632 g/mol. The van der Waals surface area contributed by atoms with Crippen LogP contribution in [0.2, 0.25) is 5.02 Å². The van der Waals surface area contributed by atoms with Crippen LogP contribution in [0.15, 0.2) is 96.6 Å². The van der Waals surface area contributed by atoms with Crippen LogP contribution in [0, 0.1) is 0 Å². The Bertz CT molecular complexity index is 1780. The number of carbonyl (C=O) groups excluding carboxylic acids is 3. The van der Waals surface area contributed by atoms with Gasteiger partial charge in [-0.2, -0.15) is 0 Å². The van der Waals surface area contributed by atoms with Gasteiger partial charge < -0.3 is 9.64 Å². The fourth-order valence-electron chi connectivity index (χ4n) is 6.96. The minimum absolute atomic E-state index is 0.0934. The molecule has 0 aromatic heterocycles. The molecule has 1 saturated heterocycles. The van der Waals surface area contributed by atoms with Gasteiger partial charge in [-0.15, -0.1) is 0 Å². The molecule has 232 valence electrons. The topological polar surface area (TPSA) is 79.0 Å². The molecule has 4 amide bonds. The summed E-state index contributed by atoms with van der Waals surface area (Å²) in [5.74, 6) is -0.713. The van der Waals surface area contributed by atoms with Crippen molar-refractivity contribution in [3.63, 3.8) is 0 Å². The van der Waals surface area contributed by atoms with Crippen molar-refractivity contribution in [2.45, 2.75) is 38.0 Å². The predicted octanol–water partition coefficient (Wildman–Crippen LogP) is 7.67. The molecule has 3 heterocycles. The lowest BCUT2D eigenvalue weighted by Crippen LogP contribution is -2.54. The van der Waals surface area contributed by atoms with Crippen LogP contribution in [0.25, 0.3) is 6.08 Å². The number of urea groups is 1. The van der Waals surface area contributed by atoms with Gasteiger partial charge in [-0.25, -0.2) is 9.69 Å². The maximum atomic E-state index is 14.1. The zero-order chi connectivity index (χ0) is 31.8. The van der Waals surface area contributed by atoms with Gasteiger partial charge in [0.15, 0.2) is 0 Å². The van der Waals surface area contributed by atoms with Crippen molar-refractivity contribution in [3.8, 4) is 5.75 Å². The lowest BCUT2D eigenvalue weighted by atomic mass is 9.76. The molecule has 1 fully saturated rings. The van der Waals surface area contributed by atoms with E-state index in [4.69, 9.17) is 16.3 Å². The normalized spacial score (nSPS) is 20.0. The predicted molar refractivity (Wildman–Crippen MR) is 181 cm³/mol. The highest BCUT2D eigenvalue weighted by Gasteiger charge is 2.40. The highest BCUT2D eigenvalue weighted by Crippen LogP contribution is 2.50. The highest BCUT2D eigenvalue weighted by atomic mass is 35.5. The molecule has 2 atom stereocenters. The summed E-state index contributed by atoms with van der Waals surface area (Å²) in [7, 11) is 0. The number of rotatable bonds is 7. The average Bonchev–Trinajstić information content (AvgIpc) is 3.07. The number of benzene rings is 4. The van der Waals surface area contributed by atoms with Gasteiger partial charge >= 0.3 is 6.03 Å². The molecule has 4 aromatic rings. The van der Waals surface area contributed by atoms with Crippen molar-refractivity contribution in [2.75, 3.05) is 29.5 Å². The maximum Gasteiger partial charge on any atom is 0.335 e. The molecule has 3 aliphatic heterocycles. The van der Waals surface area contributed by atoms with Crippen molar-refractivity contribution in [1.82, 2.24) is 5.32 Å². The zero-order valence-electron chi connectivity index (χ0n) is 25.5. The molecule has 7 nitrogen and oxygen atoms in total. The van der Waals surface area contributed by atoms with Crippen LogP contribution in [0.3, 0.4) is 0 Å². The largest absolute Gasteiger partial charge is 0.492 e. The van der Waals surface area contributed by atoms with E-state index in [1.54, 1.807) is 18.2 Å². The van der Waals surface area contributed by atoms with Gasteiger partial charge in [-0.05, 0) is 77.4 Å². The van der Waals surface area contributed by atoms with E-state index in [0.29, 0.717) is 28.6 Å². The fraction of sp³-hybridized carbons (Fsp3) is 0.237. The number of barbiturate groups is 1. The number of nitrogens with one attached hydrogen (secondary N) is 1. The van der Waals surface area contributed by atoms with Gasteiger partial charge in [-0.3, -0.25) is 14.9 Å². The molecular formula is C38H34ClN3O4. The number of amides is 4. The summed E-state index contributed by atoms with van der Waals surface area (Å²) in [5.41, 5.74) is 6.58. The standard InChI is InChI=1S/C38H34ClN3O4/c1-2-19-46-34-14-13-24(21-33(34)39)20-32-36(43)40-38(45)42(37(32)44)27-22-30-28(25-9-5-3-6-10-25)15-17-41-18-16-29(31(23-27)35(30)41)26-11-7-4-8-12-26/h3-14,20-23,28-29H,2,15-19H2,1H3,(H,40,43,45)/b32-20+/t28-,29-/m0/s1. The maximum absolute atomic E-state index is 14.1. The Morgan fingerprint density at radius 3 is 2.02 bits per heavy atom. The van der Waals surface area contributed by atoms with Gasteiger partial charge in [0.2, 0.25) is 0 Å². The van der Waals surface area contributed by atoms with Gasteiger partial charge in [0.05, 0.1) is 17.3 Å². The van der Waals surface area contributed by atoms with E-state index in [-0.39, 0.29) is 17.4 Å². The van der Waals surface area contributed by atoms with Crippen LogP contribution >= 0.6 is 11.6 Å². The lowest BCUT2D eigenvalue weighted by molar-refractivity contribution is -0.122. The first kappa shape index (κ1) is 29.8. The third kappa shape index (κ3) is 5.45. The van der Waals surface area contributed by atoms with E-state index in [9.17, 15) is 14.4 Å². The molecular weight excluding hydrogens is 598 g/mol. The van der Waals surface area contributed by atoms with Crippen LogP contribution < -0.4 is 19.9 Å². The molecule has 7 rings (SSSR count). The van der Waals surface area contributed by atoms with Crippen molar-refractivity contribution < 1.29 is 19.1 Å². The van der Waals surface area contributed by atoms with E-state index >= 15 is 0 Å². The summed E-state index contributed by atoms with van der Waals surface area (Å²) in [4.78, 5) is 44.2. The van der Waals surface area contributed by atoms with E-state index < -0.39 is 17.8 Å². The molecule has 0 saturated carbocycles. The van der Waals surface area contributed by atoms with Gasteiger partial charge in [-0.1, -0.05) is 85.3 Å². The number of anilines is 2. The number of carbonyl (C=O) groups is 3. The molecule has 0 aliphatic carbocycles. The summed E-state index contributed by atoms with van der Waals surface area (Å²) >= 11 is 6.44. The molecule has 46 heavy (non-hydrogen) atoms. The number of ether oxygens (including phenoxy) is 1. The van der Waals surface area contributed by atoms with E-state index in [2.05, 4.69) is 34.5 Å². The summed E-state index contributed by atoms with van der Waals surface area (Å²) < 4.78 is 5.67. The fourth-order valence-corrected chi connectivity index (χ4v) is 7.21. The number of imide groups is 2. The van der Waals surface area contributed by atoms with Crippen LogP contribution in [-0.2, 0) is 9.59 Å². The second-order valence-electron chi connectivity index (χ2n) is 12.0. The molecule has 0 unspecified atom stereocenters. The Morgan fingerprint density at radius 1 is 0.848 bits per heavy atom. The molecule has 0 spiro atoms. The third-order valence-corrected chi connectivity index (χ3v) is 9.38. The minimum Gasteiger partial charge on any atom is -0.492 e. The number of hydrogen-bond donors (Lipinski definition) is 1. The molecule has 4 aromatic carbocycles. The summed E-state index contributed by atoms with van der Waals surface area (Å²) in [6.07, 6.45) is 4.13. The summed E-state index contributed by atoms with van der Waals surface area (Å²) in [6.45, 7) is 4.38. The number of halogens is 1. The molecule has 8 heteroatoms. The monoisotopic (exact) mass is 631 g/mol. The lowest BCUT2D eigenvalue weighted by Gasteiger charge is -2.44. The molecule has 3 aliphatic rings. The quantitative estimate of drug-likeness (QED) is 0.167. The molecule has 0 radical (unpaired) electrons. The summed E-state index contributed by atoms with van der Waals surface area (Å²) in [5, 5.41) is 2.77. The SMILES string of the molecule is CCCOc1ccc(/C=C2\C(=O)NC(=O)N(c3cc4c5c(c3)[C@H](c3ccccc3)CCN5CC[C@H]4c3ccccc3)C2=O)cc1Cl. The molecule has 0 bridgehead atoms. The van der Waals surface area contributed by atoms with Gasteiger partial charge in [0.1, 0.15) is 11.3 Å². The van der Waals surface area contributed by atoms with Crippen LogP contribution in [-0.4, -0.2) is 37.5 Å². The Labute approximate surface area is 273 Å². The second kappa shape index (κ2) is 12.5. The Balaban J connectivity index is 1.34. The van der Waals surface area contributed by atoms with Crippen LogP contribution in [0.1, 0.15) is 65.8 Å². The van der Waals surface area contributed by atoms with Crippen LogP contribution in [0.4, 0.5) is 16.2 Å². The first-order chi connectivity index (χ1) is 22.4. The van der Waals surface area contributed by atoms with Crippen molar-refractivity contribution in [1.29, 1.82) is 0 Å². The van der Waals surface area contributed by atoms with Crippen molar-refractivity contribution in [2.24, 2.45) is 0 Å². The van der Waals surface area contributed by atoms with Crippen LogP contribution in [0.5, 0.6) is 5.75 Å². The van der Waals surface area contributed by atoms with Crippen molar-refractivity contribution in [3.05, 3.63) is 129 Å². The third-order valence-electron chi connectivity index (χ3n) is 9.09. The first-order valence-electron chi connectivity index (χ1n) is 15.8. The second-order valence-corrected chi connectivity index (χ2v) is 12.4. The zero-order valence-corrected chi connectivity index (χ0v) is 26.3. The van der Waals surface area contributed by atoms with Gasteiger partial charge in [0.25, 0.3) is 11.8 Å². The number of nitrogens with zero attached hydrogens (tertiary/aromatic N) is 2. The van der Waals surface area contributed by atoms with Gasteiger partial charge in [0, 0.05) is 30.6 Å². The molecule has 1 N–H and O–H groups in total. The first-order valence-corrected chi connectivity index (χ1v) is 16.2. The van der Waals surface area contributed by atoms with Crippen molar-refractivity contribution >= 4 is 46.9 Å². The Morgan fingerprint density at radius 2 is 1.46 bits per heavy atom. The Hall–Kier alpha value is -4.88. The van der Waals surface area contributed by atoms with E-state index in [1.807, 2.05) is 55.5 Å². The minimum atomic E-state index is -0.767. The highest BCUT2D eigenvalue weighted by molar-refractivity contribution is 6.39. The number of hydrogen-bond acceptors (Lipinski definition) is 5. The summed E-state index contributed by atoms with van der Waals surface area (Å²) in [6, 6.07) is 29.0. The van der Waals surface area contributed by atoms with E-state index in [1.165, 1.54) is 22.9 Å². The Kier molecular flexibility index (Phi) is 8.09. The van der Waals surface area contributed by atoms with E-state index in [0.717, 1.165) is 48.4 Å². The smallest absolute Gasteiger partial charge is 0.335 e.